The Kier molecular flexibility index (Phi) is 6.04. The zero-order valence-corrected chi connectivity index (χ0v) is 17.3. The number of para-hydroxylation sites is 2. The van der Waals surface area contributed by atoms with Crippen molar-refractivity contribution in [2.45, 2.75) is 12.8 Å². The van der Waals surface area contributed by atoms with E-state index in [9.17, 15) is 14.9 Å². The zero-order valence-electron chi connectivity index (χ0n) is 16.6. The van der Waals surface area contributed by atoms with E-state index in [-0.39, 0.29) is 11.6 Å². The van der Waals surface area contributed by atoms with Crippen LogP contribution in [0.25, 0.3) is 17.4 Å². The van der Waals surface area contributed by atoms with E-state index in [0.29, 0.717) is 27.8 Å². The minimum absolute atomic E-state index is 0.0412. The van der Waals surface area contributed by atoms with Crippen LogP contribution in [0.2, 0.25) is 5.02 Å². The third-order valence-corrected chi connectivity index (χ3v) is 5.36. The molecule has 7 nitrogen and oxygen atoms in total. The molecule has 0 aliphatic carbocycles. The minimum atomic E-state index is -0.455. The molecule has 0 bridgehead atoms. The molecule has 1 aromatic heterocycles. The molecule has 0 saturated carbocycles. The summed E-state index contributed by atoms with van der Waals surface area (Å²) in [4.78, 5) is 25.4. The van der Waals surface area contributed by atoms with Gasteiger partial charge in [-0.25, -0.2) is 0 Å². The largest absolute Gasteiger partial charge is 0.456 e. The lowest BCUT2D eigenvalue weighted by Crippen LogP contribution is -2.21. The van der Waals surface area contributed by atoms with Crippen molar-refractivity contribution < 1.29 is 14.1 Å². The fourth-order valence-electron chi connectivity index (χ4n) is 3.64. The monoisotopic (exact) mass is 437 g/mol. The van der Waals surface area contributed by atoms with Gasteiger partial charge in [-0.1, -0.05) is 29.8 Å². The lowest BCUT2D eigenvalue weighted by Gasteiger charge is -2.22. The van der Waals surface area contributed by atoms with Gasteiger partial charge in [0, 0.05) is 25.2 Å². The number of nitro benzene ring substituents is 1. The molecule has 1 amide bonds. The maximum atomic E-state index is 12.5. The molecule has 158 valence electrons. The summed E-state index contributed by atoms with van der Waals surface area (Å²) in [5, 5.41) is 14.7. The predicted octanol–water partition coefficient (Wildman–Crippen LogP) is 5.76. The molecule has 1 fully saturated rings. The molecule has 31 heavy (non-hydrogen) atoms. The fourth-order valence-corrected chi connectivity index (χ4v) is 3.93. The molecule has 1 saturated heterocycles. The molecule has 3 aromatic rings. The minimum Gasteiger partial charge on any atom is -0.456 e. The highest BCUT2D eigenvalue weighted by Crippen LogP contribution is 2.36. The van der Waals surface area contributed by atoms with Gasteiger partial charge in [-0.3, -0.25) is 14.9 Å². The fraction of sp³-hybridized carbons (Fsp3) is 0.174. The third-order valence-electron chi connectivity index (χ3n) is 5.06. The lowest BCUT2D eigenvalue weighted by atomic mass is 10.1. The zero-order chi connectivity index (χ0) is 21.8. The highest BCUT2D eigenvalue weighted by Gasteiger charge is 2.20. The van der Waals surface area contributed by atoms with Crippen molar-refractivity contribution >= 4 is 40.6 Å². The normalized spacial score (nSPS) is 13.6. The van der Waals surface area contributed by atoms with Crippen LogP contribution in [0.15, 0.2) is 65.1 Å². The Bertz CT molecular complexity index is 1150. The summed E-state index contributed by atoms with van der Waals surface area (Å²) in [7, 11) is 0. The Morgan fingerprint density at radius 1 is 1.10 bits per heavy atom. The van der Waals surface area contributed by atoms with Crippen LogP contribution < -0.4 is 10.2 Å². The Morgan fingerprint density at radius 3 is 2.65 bits per heavy atom. The molecule has 1 aliphatic heterocycles. The number of rotatable bonds is 6. The van der Waals surface area contributed by atoms with Gasteiger partial charge < -0.3 is 14.6 Å². The molecule has 0 spiro atoms. The molecular weight excluding hydrogens is 418 g/mol. The number of hydrogen-bond donors (Lipinski definition) is 1. The highest BCUT2D eigenvalue weighted by atomic mass is 35.5. The Morgan fingerprint density at radius 2 is 1.87 bits per heavy atom. The van der Waals surface area contributed by atoms with Crippen molar-refractivity contribution in [3.05, 3.63) is 81.6 Å². The van der Waals surface area contributed by atoms with Crippen molar-refractivity contribution in [2.75, 3.05) is 23.3 Å². The Labute approximate surface area is 184 Å². The standard InChI is InChI=1S/C23H20ClN3O4/c24-18-7-5-8-19(23(18)26-14-3-4-15-26)25-22(28)13-11-16-10-12-21(31-16)17-6-1-2-9-20(17)27(29)30/h1-2,5-13H,3-4,14-15H2,(H,25,28). The molecule has 1 aliphatic rings. The van der Waals surface area contributed by atoms with E-state index in [1.165, 1.54) is 18.2 Å². The molecule has 0 radical (unpaired) electrons. The number of carbonyl (C=O) groups is 1. The summed E-state index contributed by atoms with van der Waals surface area (Å²) < 4.78 is 5.68. The van der Waals surface area contributed by atoms with Crippen molar-refractivity contribution in [3.63, 3.8) is 0 Å². The number of halogens is 1. The summed E-state index contributed by atoms with van der Waals surface area (Å²) >= 11 is 6.39. The predicted molar refractivity (Wildman–Crippen MR) is 121 cm³/mol. The first kappa shape index (κ1) is 20.7. The molecule has 2 aromatic carbocycles. The molecule has 0 atom stereocenters. The summed E-state index contributed by atoms with van der Waals surface area (Å²) in [6.07, 6.45) is 5.07. The summed E-state index contributed by atoms with van der Waals surface area (Å²) in [6.45, 7) is 1.81. The van der Waals surface area contributed by atoms with Gasteiger partial charge in [0.1, 0.15) is 11.5 Å². The second-order valence-corrected chi connectivity index (χ2v) is 7.54. The molecule has 2 heterocycles. The van der Waals surface area contributed by atoms with E-state index in [2.05, 4.69) is 10.2 Å². The van der Waals surface area contributed by atoms with Crippen LogP contribution in [0.1, 0.15) is 18.6 Å². The van der Waals surface area contributed by atoms with Crippen LogP contribution in [0, 0.1) is 10.1 Å². The van der Waals surface area contributed by atoms with Crippen molar-refractivity contribution in [1.82, 2.24) is 0 Å². The molecule has 0 unspecified atom stereocenters. The summed E-state index contributed by atoms with van der Waals surface area (Å²) in [5.74, 6) is 0.444. The first-order valence-electron chi connectivity index (χ1n) is 9.89. The second-order valence-electron chi connectivity index (χ2n) is 7.13. The number of furan rings is 1. The van der Waals surface area contributed by atoms with E-state index in [1.807, 2.05) is 12.1 Å². The van der Waals surface area contributed by atoms with Gasteiger partial charge in [-0.2, -0.15) is 0 Å². The first-order valence-corrected chi connectivity index (χ1v) is 10.3. The van der Waals surface area contributed by atoms with Crippen LogP contribution in [-0.4, -0.2) is 23.9 Å². The molecular formula is C23H20ClN3O4. The smallest absolute Gasteiger partial charge is 0.280 e. The van der Waals surface area contributed by atoms with Crippen molar-refractivity contribution in [1.29, 1.82) is 0 Å². The number of carbonyl (C=O) groups excluding carboxylic acids is 1. The SMILES string of the molecule is O=C(C=Cc1ccc(-c2ccccc2[N+](=O)[O-])o1)Nc1cccc(Cl)c1N1CCCC1. The second kappa shape index (κ2) is 9.06. The van der Waals surface area contributed by atoms with Gasteiger partial charge in [-0.15, -0.1) is 0 Å². The molecule has 1 N–H and O–H groups in total. The average molecular weight is 438 g/mol. The van der Waals surface area contributed by atoms with Gasteiger partial charge in [-0.05, 0) is 49.2 Å². The van der Waals surface area contributed by atoms with Gasteiger partial charge in [0.15, 0.2) is 0 Å². The van der Waals surface area contributed by atoms with Crippen LogP contribution in [-0.2, 0) is 4.79 Å². The Balaban J connectivity index is 1.49. The van der Waals surface area contributed by atoms with Gasteiger partial charge in [0.25, 0.3) is 5.69 Å². The maximum Gasteiger partial charge on any atom is 0.280 e. The number of nitro groups is 1. The van der Waals surface area contributed by atoms with Crippen LogP contribution in [0.4, 0.5) is 17.1 Å². The number of amides is 1. The Hall–Kier alpha value is -3.58. The van der Waals surface area contributed by atoms with Crippen LogP contribution >= 0.6 is 11.6 Å². The van der Waals surface area contributed by atoms with Crippen LogP contribution in [0.5, 0.6) is 0 Å². The van der Waals surface area contributed by atoms with Gasteiger partial charge >= 0.3 is 0 Å². The topological polar surface area (TPSA) is 88.6 Å². The first-order chi connectivity index (χ1) is 15.0. The van der Waals surface area contributed by atoms with E-state index in [0.717, 1.165) is 31.6 Å². The number of nitrogens with one attached hydrogen (secondary N) is 1. The van der Waals surface area contributed by atoms with E-state index < -0.39 is 4.92 Å². The maximum absolute atomic E-state index is 12.5. The molecule has 8 heteroatoms. The van der Waals surface area contributed by atoms with E-state index in [4.69, 9.17) is 16.0 Å². The third kappa shape index (κ3) is 4.62. The average Bonchev–Trinajstić information content (AvgIpc) is 3.45. The highest BCUT2D eigenvalue weighted by molar-refractivity contribution is 6.34. The van der Waals surface area contributed by atoms with Crippen molar-refractivity contribution in [3.8, 4) is 11.3 Å². The molecule has 4 rings (SSSR count). The van der Waals surface area contributed by atoms with Crippen LogP contribution in [0.3, 0.4) is 0 Å². The summed E-state index contributed by atoms with van der Waals surface area (Å²) in [5.41, 5.74) is 1.83. The number of hydrogen-bond acceptors (Lipinski definition) is 5. The van der Waals surface area contributed by atoms with Gasteiger partial charge in [0.2, 0.25) is 5.91 Å². The van der Waals surface area contributed by atoms with Crippen molar-refractivity contribution in [2.24, 2.45) is 0 Å². The van der Waals surface area contributed by atoms with E-state index in [1.54, 1.807) is 36.4 Å². The number of anilines is 2. The van der Waals surface area contributed by atoms with Gasteiger partial charge in [0.05, 0.1) is 26.9 Å². The van der Waals surface area contributed by atoms with E-state index >= 15 is 0 Å². The quantitative estimate of drug-likeness (QED) is 0.301. The number of nitrogens with zero attached hydrogens (tertiary/aromatic N) is 2. The lowest BCUT2D eigenvalue weighted by molar-refractivity contribution is -0.384. The number of benzene rings is 2. The summed E-state index contributed by atoms with van der Waals surface area (Å²) in [6, 6.07) is 15.1.